The Bertz CT molecular complexity index is 481. The van der Waals surface area contributed by atoms with Crippen LogP contribution in [0.25, 0.3) is 0 Å². The molecule has 18 heavy (non-hydrogen) atoms. The van der Waals surface area contributed by atoms with Gasteiger partial charge in [-0.25, -0.2) is 4.68 Å². The number of aromatic nitrogens is 2. The largest absolute Gasteiger partial charge is 0.364 e. The van der Waals surface area contributed by atoms with E-state index in [1.807, 2.05) is 13.8 Å². The number of rotatable bonds is 4. The van der Waals surface area contributed by atoms with Gasteiger partial charge in [-0.3, -0.25) is 4.79 Å². The predicted molar refractivity (Wildman–Crippen MR) is 76.3 cm³/mol. The lowest BCUT2D eigenvalue weighted by Gasteiger charge is -2.39. The van der Waals surface area contributed by atoms with Gasteiger partial charge in [0.1, 0.15) is 4.47 Å². The molecule has 0 atom stereocenters. The summed E-state index contributed by atoms with van der Waals surface area (Å²) < 4.78 is 2.11. The summed E-state index contributed by atoms with van der Waals surface area (Å²) in [4.78, 5) is 14.4. The van der Waals surface area contributed by atoms with E-state index in [9.17, 15) is 4.79 Å². The summed E-state index contributed by atoms with van der Waals surface area (Å²) in [5, 5.41) is 7.51. The second-order valence-electron chi connectivity index (χ2n) is 4.79. The van der Waals surface area contributed by atoms with Crippen LogP contribution in [0.1, 0.15) is 26.8 Å². The first-order chi connectivity index (χ1) is 8.56. The lowest BCUT2D eigenvalue weighted by molar-refractivity contribution is 0.415. The smallest absolute Gasteiger partial charge is 0.283 e. The van der Waals surface area contributed by atoms with Gasteiger partial charge < -0.3 is 10.2 Å². The molecule has 0 aliphatic carbocycles. The first-order valence-corrected chi connectivity index (χ1v) is 7.10. The van der Waals surface area contributed by atoms with Crippen LogP contribution in [0, 0.1) is 0 Å². The zero-order chi connectivity index (χ0) is 13.3. The van der Waals surface area contributed by atoms with E-state index in [2.05, 4.69) is 38.2 Å². The SMILES string of the molecule is CCN(c1cnn(C(C)C)c(=O)c1Br)C1CNC1. The van der Waals surface area contributed by atoms with E-state index in [0.29, 0.717) is 10.5 Å². The van der Waals surface area contributed by atoms with Crippen LogP contribution in [0.5, 0.6) is 0 Å². The van der Waals surface area contributed by atoms with Crippen LogP contribution in [0.3, 0.4) is 0 Å². The Morgan fingerprint density at radius 3 is 2.72 bits per heavy atom. The minimum Gasteiger partial charge on any atom is -0.364 e. The number of likely N-dealkylation sites (N-methyl/N-ethyl adjacent to an activating group) is 1. The van der Waals surface area contributed by atoms with Gasteiger partial charge >= 0.3 is 0 Å². The molecule has 0 aromatic carbocycles. The molecule has 100 valence electrons. The average Bonchev–Trinajstić information content (AvgIpc) is 2.27. The van der Waals surface area contributed by atoms with Gasteiger partial charge in [-0.15, -0.1) is 0 Å². The highest BCUT2D eigenvalue weighted by atomic mass is 79.9. The third-order valence-corrected chi connectivity index (χ3v) is 4.01. The molecule has 6 heteroatoms. The van der Waals surface area contributed by atoms with Crippen LogP contribution < -0.4 is 15.8 Å². The van der Waals surface area contributed by atoms with Gasteiger partial charge in [0.15, 0.2) is 0 Å². The lowest BCUT2D eigenvalue weighted by Crippen LogP contribution is -2.57. The summed E-state index contributed by atoms with van der Waals surface area (Å²) in [6.07, 6.45) is 1.79. The number of anilines is 1. The molecule has 1 saturated heterocycles. The lowest BCUT2D eigenvalue weighted by atomic mass is 10.1. The Morgan fingerprint density at radius 2 is 2.28 bits per heavy atom. The Labute approximate surface area is 115 Å². The number of hydrogen-bond donors (Lipinski definition) is 1. The number of nitrogens with zero attached hydrogens (tertiary/aromatic N) is 3. The highest BCUT2D eigenvalue weighted by Crippen LogP contribution is 2.25. The van der Waals surface area contributed by atoms with E-state index in [0.717, 1.165) is 25.3 Å². The van der Waals surface area contributed by atoms with Crippen molar-refractivity contribution in [2.24, 2.45) is 0 Å². The molecule has 1 aliphatic rings. The highest BCUT2D eigenvalue weighted by Gasteiger charge is 2.26. The molecule has 0 bridgehead atoms. The van der Waals surface area contributed by atoms with Crippen molar-refractivity contribution in [2.75, 3.05) is 24.5 Å². The van der Waals surface area contributed by atoms with Crippen molar-refractivity contribution in [2.45, 2.75) is 32.9 Å². The van der Waals surface area contributed by atoms with Crippen molar-refractivity contribution in [3.63, 3.8) is 0 Å². The van der Waals surface area contributed by atoms with Crippen molar-refractivity contribution in [1.82, 2.24) is 15.1 Å². The van der Waals surface area contributed by atoms with Crippen molar-refractivity contribution in [1.29, 1.82) is 0 Å². The molecule has 1 fully saturated rings. The molecule has 1 aromatic rings. The molecular formula is C12H19BrN4O. The van der Waals surface area contributed by atoms with E-state index < -0.39 is 0 Å². The van der Waals surface area contributed by atoms with Crippen LogP contribution >= 0.6 is 15.9 Å². The summed E-state index contributed by atoms with van der Waals surface area (Å²) in [5.41, 5.74) is 0.833. The van der Waals surface area contributed by atoms with Gasteiger partial charge in [0.2, 0.25) is 0 Å². The van der Waals surface area contributed by atoms with Gasteiger partial charge in [0.25, 0.3) is 5.56 Å². The Morgan fingerprint density at radius 1 is 1.61 bits per heavy atom. The van der Waals surface area contributed by atoms with E-state index in [1.54, 1.807) is 6.20 Å². The van der Waals surface area contributed by atoms with E-state index in [-0.39, 0.29) is 11.6 Å². The third-order valence-electron chi connectivity index (χ3n) is 3.27. The van der Waals surface area contributed by atoms with Crippen LogP contribution in [-0.4, -0.2) is 35.5 Å². The molecule has 0 amide bonds. The van der Waals surface area contributed by atoms with Gasteiger partial charge in [-0.1, -0.05) is 0 Å². The Hall–Kier alpha value is -0.880. The zero-order valence-electron chi connectivity index (χ0n) is 11.0. The van der Waals surface area contributed by atoms with Crippen LogP contribution in [-0.2, 0) is 0 Å². The average molecular weight is 315 g/mol. The fraction of sp³-hybridized carbons (Fsp3) is 0.667. The van der Waals surface area contributed by atoms with Crippen molar-refractivity contribution >= 4 is 21.6 Å². The van der Waals surface area contributed by atoms with Gasteiger partial charge in [0, 0.05) is 19.6 Å². The third kappa shape index (κ3) is 2.31. The molecule has 0 spiro atoms. The standard InChI is InChI=1S/C12H19BrN4O/c1-4-16(9-5-14-6-9)10-7-15-17(8(2)3)12(18)11(10)13/h7-9,14H,4-6H2,1-3H3. The molecule has 1 aromatic heterocycles. The fourth-order valence-electron chi connectivity index (χ4n) is 2.12. The minimum atomic E-state index is -0.0618. The molecule has 0 radical (unpaired) electrons. The molecular weight excluding hydrogens is 296 g/mol. The first-order valence-electron chi connectivity index (χ1n) is 6.31. The van der Waals surface area contributed by atoms with Gasteiger partial charge in [-0.05, 0) is 36.7 Å². The maximum atomic E-state index is 12.2. The first kappa shape index (κ1) is 13.5. The monoisotopic (exact) mass is 314 g/mol. The molecule has 1 aliphatic heterocycles. The second kappa shape index (κ2) is 5.40. The number of hydrogen-bond acceptors (Lipinski definition) is 4. The Balaban J connectivity index is 2.39. The second-order valence-corrected chi connectivity index (χ2v) is 5.58. The summed E-state index contributed by atoms with van der Waals surface area (Å²) in [5.74, 6) is 0. The normalized spacial score (nSPS) is 15.8. The quantitative estimate of drug-likeness (QED) is 0.912. The number of nitrogens with one attached hydrogen (secondary N) is 1. The number of halogens is 1. The highest BCUT2D eigenvalue weighted by molar-refractivity contribution is 9.10. The van der Waals surface area contributed by atoms with Crippen LogP contribution in [0.2, 0.25) is 0 Å². The van der Waals surface area contributed by atoms with E-state index in [1.165, 1.54) is 4.68 Å². The fourth-order valence-corrected chi connectivity index (χ4v) is 2.64. The summed E-state index contributed by atoms with van der Waals surface area (Å²) >= 11 is 3.43. The minimum absolute atomic E-state index is 0.0618. The van der Waals surface area contributed by atoms with Crippen LogP contribution in [0.4, 0.5) is 5.69 Å². The Kier molecular flexibility index (Phi) is 4.07. The van der Waals surface area contributed by atoms with E-state index >= 15 is 0 Å². The zero-order valence-corrected chi connectivity index (χ0v) is 12.6. The van der Waals surface area contributed by atoms with Crippen molar-refractivity contribution in [3.05, 3.63) is 21.0 Å². The summed E-state index contributed by atoms with van der Waals surface area (Å²) in [6.45, 7) is 8.81. The predicted octanol–water partition coefficient (Wildman–Crippen LogP) is 1.38. The topological polar surface area (TPSA) is 50.2 Å². The van der Waals surface area contributed by atoms with Crippen molar-refractivity contribution < 1.29 is 0 Å². The maximum absolute atomic E-state index is 12.2. The van der Waals surface area contributed by atoms with Gasteiger partial charge in [0.05, 0.1) is 24.0 Å². The molecule has 2 rings (SSSR count). The maximum Gasteiger partial charge on any atom is 0.283 e. The molecule has 2 heterocycles. The summed E-state index contributed by atoms with van der Waals surface area (Å²) in [7, 11) is 0. The molecule has 0 saturated carbocycles. The van der Waals surface area contributed by atoms with Crippen LogP contribution in [0.15, 0.2) is 15.5 Å². The van der Waals surface area contributed by atoms with Crippen molar-refractivity contribution in [3.8, 4) is 0 Å². The molecule has 1 N–H and O–H groups in total. The summed E-state index contributed by atoms with van der Waals surface area (Å²) in [6, 6.07) is 0.533. The molecule has 5 nitrogen and oxygen atoms in total. The van der Waals surface area contributed by atoms with E-state index in [4.69, 9.17) is 0 Å². The van der Waals surface area contributed by atoms with Gasteiger partial charge in [-0.2, -0.15) is 5.10 Å². The molecule has 0 unspecified atom stereocenters.